The third kappa shape index (κ3) is 2.14. The molecule has 1 fully saturated rings. The summed E-state index contributed by atoms with van der Waals surface area (Å²) < 4.78 is 0. The highest BCUT2D eigenvalue weighted by molar-refractivity contribution is 6.01. The molecule has 2 amide bonds. The van der Waals surface area contributed by atoms with Gasteiger partial charge in [-0.3, -0.25) is 19.9 Å². The lowest BCUT2D eigenvalue weighted by molar-refractivity contribution is -0.134. The zero-order chi connectivity index (χ0) is 13.4. The van der Waals surface area contributed by atoms with Gasteiger partial charge in [-0.2, -0.15) is 0 Å². The molecule has 1 atom stereocenters. The number of imide groups is 1. The van der Waals surface area contributed by atoms with Crippen molar-refractivity contribution in [1.82, 2.24) is 10.3 Å². The molecular weight excluding hydrogens is 242 g/mol. The summed E-state index contributed by atoms with van der Waals surface area (Å²) in [5, 5.41) is 4.28. The third-order valence-corrected chi connectivity index (χ3v) is 3.36. The molecule has 5 nitrogen and oxygen atoms in total. The highest BCUT2D eigenvalue weighted by Crippen LogP contribution is 2.26. The van der Waals surface area contributed by atoms with Crippen molar-refractivity contribution in [1.29, 1.82) is 0 Å². The van der Waals surface area contributed by atoms with Crippen LogP contribution >= 0.6 is 0 Å². The number of amides is 2. The minimum Gasteiger partial charge on any atom is -0.399 e. The van der Waals surface area contributed by atoms with Gasteiger partial charge in [0.1, 0.15) is 0 Å². The van der Waals surface area contributed by atoms with Crippen molar-refractivity contribution in [3.63, 3.8) is 0 Å². The number of nitrogen functional groups attached to an aromatic ring is 1. The SMILES string of the molecule is Nc1ccc2cc(C3CCC(=O)NC3=O)ncc2c1. The number of piperidine rings is 1. The molecule has 2 aromatic rings. The molecule has 0 saturated carbocycles. The number of hydrogen-bond donors (Lipinski definition) is 2. The molecule has 3 rings (SSSR count). The highest BCUT2D eigenvalue weighted by atomic mass is 16.2. The number of hydrogen-bond acceptors (Lipinski definition) is 4. The van der Waals surface area contributed by atoms with Gasteiger partial charge < -0.3 is 5.73 Å². The summed E-state index contributed by atoms with van der Waals surface area (Å²) in [6.07, 6.45) is 2.58. The maximum absolute atomic E-state index is 11.8. The quantitative estimate of drug-likeness (QED) is 0.594. The number of nitrogens with two attached hydrogens (primary N) is 1. The van der Waals surface area contributed by atoms with Crippen LogP contribution < -0.4 is 11.1 Å². The Morgan fingerprint density at radius 2 is 2.05 bits per heavy atom. The van der Waals surface area contributed by atoms with Crippen LogP contribution in [0.1, 0.15) is 24.5 Å². The van der Waals surface area contributed by atoms with Gasteiger partial charge in [0.25, 0.3) is 0 Å². The average Bonchev–Trinajstić information content (AvgIpc) is 2.38. The van der Waals surface area contributed by atoms with Gasteiger partial charge in [0.05, 0.1) is 11.6 Å². The molecule has 19 heavy (non-hydrogen) atoms. The van der Waals surface area contributed by atoms with Crippen molar-refractivity contribution < 1.29 is 9.59 Å². The van der Waals surface area contributed by atoms with Crippen LogP contribution in [0.25, 0.3) is 10.8 Å². The van der Waals surface area contributed by atoms with Crippen molar-refractivity contribution in [2.45, 2.75) is 18.8 Å². The molecule has 1 unspecified atom stereocenters. The van der Waals surface area contributed by atoms with Crippen LogP contribution in [0.5, 0.6) is 0 Å². The van der Waals surface area contributed by atoms with Crippen LogP contribution in [-0.2, 0) is 9.59 Å². The molecule has 0 spiro atoms. The van der Waals surface area contributed by atoms with E-state index in [0.29, 0.717) is 24.2 Å². The number of benzene rings is 1. The predicted octanol–water partition coefficient (Wildman–Crippen LogP) is 1.34. The largest absolute Gasteiger partial charge is 0.399 e. The molecular formula is C14H13N3O2. The monoisotopic (exact) mass is 255 g/mol. The fourth-order valence-electron chi connectivity index (χ4n) is 2.34. The molecule has 3 N–H and O–H groups in total. The van der Waals surface area contributed by atoms with Crippen LogP contribution in [0.4, 0.5) is 5.69 Å². The van der Waals surface area contributed by atoms with Gasteiger partial charge in [0.15, 0.2) is 0 Å². The number of aromatic nitrogens is 1. The first-order valence-electron chi connectivity index (χ1n) is 6.12. The van der Waals surface area contributed by atoms with Crippen LogP contribution in [0.15, 0.2) is 30.5 Å². The summed E-state index contributed by atoms with van der Waals surface area (Å²) in [5.41, 5.74) is 7.09. The summed E-state index contributed by atoms with van der Waals surface area (Å²) in [7, 11) is 0. The van der Waals surface area contributed by atoms with E-state index in [4.69, 9.17) is 5.73 Å². The number of fused-ring (bicyclic) bond motifs is 1. The van der Waals surface area contributed by atoms with E-state index in [0.717, 1.165) is 10.8 Å². The van der Waals surface area contributed by atoms with Gasteiger partial charge >= 0.3 is 0 Å². The van der Waals surface area contributed by atoms with E-state index >= 15 is 0 Å². The smallest absolute Gasteiger partial charge is 0.235 e. The second-order valence-electron chi connectivity index (χ2n) is 4.72. The fourth-order valence-corrected chi connectivity index (χ4v) is 2.34. The van der Waals surface area contributed by atoms with Crippen LogP contribution in [0, 0.1) is 0 Å². The molecule has 1 saturated heterocycles. The fraction of sp³-hybridized carbons (Fsp3) is 0.214. The second-order valence-corrected chi connectivity index (χ2v) is 4.72. The zero-order valence-corrected chi connectivity index (χ0v) is 10.2. The van der Waals surface area contributed by atoms with E-state index in [-0.39, 0.29) is 17.7 Å². The number of carbonyl (C=O) groups excluding carboxylic acids is 2. The van der Waals surface area contributed by atoms with Crippen LogP contribution in [0.3, 0.4) is 0 Å². The first kappa shape index (κ1) is 11.6. The van der Waals surface area contributed by atoms with E-state index in [2.05, 4.69) is 10.3 Å². The summed E-state index contributed by atoms with van der Waals surface area (Å²) in [6.45, 7) is 0. The van der Waals surface area contributed by atoms with Crippen molar-refractivity contribution >= 4 is 28.3 Å². The van der Waals surface area contributed by atoms with Gasteiger partial charge in [0, 0.05) is 23.7 Å². The summed E-state index contributed by atoms with van der Waals surface area (Å²) >= 11 is 0. The molecule has 1 aromatic carbocycles. The summed E-state index contributed by atoms with van der Waals surface area (Å²) in [5.74, 6) is -0.826. The molecule has 2 heterocycles. The molecule has 1 aliphatic rings. The van der Waals surface area contributed by atoms with Gasteiger partial charge in [-0.15, -0.1) is 0 Å². The Labute approximate surface area is 109 Å². The molecule has 0 bridgehead atoms. The van der Waals surface area contributed by atoms with E-state index in [1.807, 2.05) is 24.3 Å². The Hall–Kier alpha value is -2.43. The number of nitrogens with one attached hydrogen (secondary N) is 1. The average molecular weight is 255 g/mol. The Kier molecular flexibility index (Phi) is 2.67. The number of carbonyl (C=O) groups is 2. The second kappa shape index (κ2) is 4.35. The lowest BCUT2D eigenvalue weighted by Gasteiger charge is -2.20. The molecule has 1 aliphatic heterocycles. The van der Waals surface area contributed by atoms with E-state index in [1.165, 1.54) is 0 Å². The van der Waals surface area contributed by atoms with Crippen LogP contribution in [0.2, 0.25) is 0 Å². The minimum absolute atomic E-state index is 0.213. The number of rotatable bonds is 1. The zero-order valence-electron chi connectivity index (χ0n) is 10.2. The normalized spacial score (nSPS) is 19.5. The third-order valence-electron chi connectivity index (χ3n) is 3.36. The molecule has 0 aliphatic carbocycles. The molecule has 0 radical (unpaired) electrons. The van der Waals surface area contributed by atoms with Gasteiger partial charge in [-0.1, -0.05) is 6.07 Å². The van der Waals surface area contributed by atoms with Crippen molar-refractivity contribution in [2.24, 2.45) is 0 Å². The maximum Gasteiger partial charge on any atom is 0.235 e. The Bertz CT molecular complexity index is 681. The Morgan fingerprint density at radius 3 is 2.84 bits per heavy atom. The topological polar surface area (TPSA) is 85.1 Å². The highest BCUT2D eigenvalue weighted by Gasteiger charge is 2.28. The lowest BCUT2D eigenvalue weighted by atomic mass is 9.93. The summed E-state index contributed by atoms with van der Waals surface area (Å²) in [6, 6.07) is 7.45. The molecule has 96 valence electrons. The number of pyridine rings is 1. The van der Waals surface area contributed by atoms with Crippen molar-refractivity contribution in [3.05, 3.63) is 36.2 Å². The minimum atomic E-state index is -0.348. The number of anilines is 1. The van der Waals surface area contributed by atoms with E-state index < -0.39 is 0 Å². The van der Waals surface area contributed by atoms with E-state index in [9.17, 15) is 9.59 Å². The number of nitrogens with zero attached hydrogens (tertiary/aromatic N) is 1. The van der Waals surface area contributed by atoms with Crippen molar-refractivity contribution in [2.75, 3.05) is 5.73 Å². The van der Waals surface area contributed by atoms with Crippen molar-refractivity contribution in [3.8, 4) is 0 Å². The maximum atomic E-state index is 11.8. The Morgan fingerprint density at radius 1 is 1.21 bits per heavy atom. The van der Waals surface area contributed by atoms with Crippen LogP contribution in [-0.4, -0.2) is 16.8 Å². The standard InChI is InChI=1S/C14H13N3O2/c15-10-2-1-8-6-12(16-7-9(8)5-10)11-3-4-13(18)17-14(11)19/h1-2,5-7,11H,3-4,15H2,(H,17,18,19). The predicted molar refractivity (Wildman–Crippen MR) is 71.3 cm³/mol. The lowest BCUT2D eigenvalue weighted by Crippen LogP contribution is -2.39. The first-order chi connectivity index (χ1) is 9.13. The van der Waals surface area contributed by atoms with Gasteiger partial charge in [-0.05, 0) is 30.0 Å². The summed E-state index contributed by atoms with van der Waals surface area (Å²) in [4.78, 5) is 27.3. The van der Waals surface area contributed by atoms with E-state index in [1.54, 1.807) is 6.20 Å². The Balaban J connectivity index is 1.99. The first-order valence-corrected chi connectivity index (χ1v) is 6.12. The van der Waals surface area contributed by atoms with Gasteiger partial charge in [0.2, 0.25) is 11.8 Å². The van der Waals surface area contributed by atoms with Gasteiger partial charge in [-0.25, -0.2) is 0 Å². The molecule has 5 heteroatoms. The molecule has 1 aromatic heterocycles.